The minimum atomic E-state index is -0.976. The summed E-state index contributed by atoms with van der Waals surface area (Å²) in [6, 6.07) is 1.73. The summed E-state index contributed by atoms with van der Waals surface area (Å²) in [6.45, 7) is 0. The predicted octanol–water partition coefficient (Wildman–Crippen LogP) is 1.41. The van der Waals surface area contributed by atoms with Crippen molar-refractivity contribution >= 4 is 39.3 Å². The van der Waals surface area contributed by atoms with Crippen molar-refractivity contribution < 1.29 is 9.90 Å². The Morgan fingerprint density at radius 1 is 1.38 bits per heavy atom. The lowest BCUT2D eigenvalue weighted by atomic mass is 10.4. The largest absolute Gasteiger partial charge is 0.481 e. The van der Waals surface area contributed by atoms with Gasteiger partial charge in [-0.05, 0) is 11.4 Å². The molecule has 0 aliphatic heterocycles. The number of aliphatic carboxylic acids is 1. The first-order valence-corrected chi connectivity index (χ1v) is 7.63. The number of hydrogen-bond acceptors (Lipinski definition) is 7. The van der Waals surface area contributed by atoms with Gasteiger partial charge >= 0.3 is 5.97 Å². The summed E-state index contributed by atoms with van der Waals surface area (Å²) in [6.07, 6.45) is 4.33. The van der Waals surface area contributed by atoms with Crippen molar-refractivity contribution in [1.29, 1.82) is 0 Å². The van der Waals surface area contributed by atoms with Crippen molar-refractivity contribution in [3.63, 3.8) is 0 Å². The molecule has 0 saturated heterocycles. The molecule has 0 aliphatic rings. The molecule has 0 aromatic carbocycles. The van der Waals surface area contributed by atoms with Gasteiger partial charge in [-0.3, -0.25) is 14.2 Å². The molecular formula is C12H8N4O3S2. The topological polar surface area (TPSA) is 98.0 Å². The van der Waals surface area contributed by atoms with E-state index >= 15 is 0 Å². The Bertz CT molecular complexity index is 860. The highest BCUT2D eigenvalue weighted by Gasteiger charge is 2.15. The van der Waals surface area contributed by atoms with Gasteiger partial charge in [-0.15, -0.1) is 11.3 Å². The summed E-state index contributed by atoms with van der Waals surface area (Å²) in [5, 5.41) is 10.9. The van der Waals surface area contributed by atoms with Crippen LogP contribution in [-0.4, -0.2) is 36.3 Å². The molecule has 0 spiro atoms. The van der Waals surface area contributed by atoms with Crippen molar-refractivity contribution in [1.82, 2.24) is 19.5 Å². The zero-order chi connectivity index (χ0) is 14.8. The zero-order valence-electron chi connectivity index (χ0n) is 10.5. The van der Waals surface area contributed by atoms with E-state index in [9.17, 15) is 9.59 Å². The van der Waals surface area contributed by atoms with E-state index in [2.05, 4.69) is 15.0 Å². The van der Waals surface area contributed by atoms with E-state index in [-0.39, 0.29) is 11.3 Å². The summed E-state index contributed by atoms with van der Waals surface area (Å²) in [5.74, 6) is -1.16. The molecule has 3 rings (SSSR count). The first-order chi connectivity index (χ1) is 10.2. The second kappa shape index (κ2) is 5.62. The number of carbonyl (C=O) groups is 1. The summed E-state index contributed by atoms with van der Waals surface area (Å²) in [7, 11) is 0. The van der Waals surface area contributed by atoms with E-state index in [1.807, 2.05) is 0 Å². The van der Waals surface area contributed by atoms with Crippen molar-refractivity contribution in [2.45, 2.75) is 5.16 Å². The van der Waals surface area contributed by atoms with Crippen molar-refractivity contribution in [3.05, 3.63) is 40.5 Å². The maximum absolute atomic E-state index is 12.6. The number of aromatic nitrogens is 4. The second-order valence-electron chi connectivity index (χ2n) is 3.95. The molecule has 0 bridgehead atoms. The van der Waals surface area contributed by atoms with Crippen LogP contribution in [0.3, 0.4) is 0 Å². The lowest BCUT2D eigenvalue weighted by Crippen LogP contribution is -2.21. The number of nitrogens with zero attached hydrogens (tertiary/aromatic N) is 4. The fourth-order valence-corrected chi connectivity index (χ4v) is 3.24. The molecule has 21 heavy (non-hydrogen) atoms. The third kappa shape index (κ3) is 2.65. The highest BCUT2D eigenvalue weighted by molar-refractivity contribution is 7.99. The molecule has 3 aromatic rings. The Balaban J connectivity index is 2.23. The number of thiophene rings is 1. The van der Waals surface area contributed by atoms with E-state index in [4.69, 9.17) is 5.11 Å². The quantitative estimate of drug-likeness (QED) is 0.573. The third-order valence-corrected chi connectivity index (χ3v) is 4.39. The Labute approximate surface area is 126 Å². The first kappa shape index (κ1) is 13.7. The van der Waals surface area contributed by atoms with Gasteiger partial charge in [0, 0.05) is 0 Å². The van der Waals surface area contributed by atoms with Crippen molar-refractivity contribution in [2.75, 3.05) is 5.75 Å². The SMILES string of the molecule is O=C(O)CSc1nc2ccsc2c(=O)n1-c1cncnc1. The average Bonchev–Trinajstić information content (AvgIpc) is 2.95. The van der Waals surface area contributed by atoms with E-state index in [1.165, 1.54) is 34.6 Å². The van der Waals surface area contributed by atoms with Gasteiger partial charge in [0.1, 0.15) is 11.0 Å². The molecule has 106 valence electrons. The molecule has 0 aliphatic carbocycles. The molecule has 0 fully saturated rings. The summed E-state index contributed by atoms with van der Waals surface area (Å²) < 4.78 is 1.85. The Kier molecular flexibility index (Phi) is 3.67. The van der Waals surface area contributed by atoms with Crippen LogP contribution < -0.4 is 5.56 Å². The van der Waals surface area contributed by atoms with Crippen LogP contribution >= 0.6 is 23.1 Å². The molecule has 0 radical (unpaired) electrons. The number of thioether (sulfide) groups is 1. The van der Waals surface area contributed by atoms with Crippen molar-refractivity contribution in [3.8, 4) is 5.69 Å². The fraction of sp³-hybridized carbons (Fsp3) is 0.0833. The van der Waals surface area contributed by atoms with Gasteiger partial charge in [0.15, 0.2) is 5.16 Å². The minimum absolute atomic E-state index is 0.185. The molecule has 3 aromatic heterocycles. The fourth-order valence-electron chi connectivity index (χ4n) is 1.75. The van der Waals surface area contributed by atoms with Gasteiger partial charge in [0.25, 0.3) is 5.56 Å². The predicted molar refractivity (Wildman–Crippen MR) is 79.2 cm³/mol. The van der Waals surface area contributed by atoms with E-state index in [0.29, 0.717) is 21.1 Å². The first-order valence-electron chi connectivity index (χ1n) is 5.77. The molecule has 0 saturated carbocycles. The molecule has 7 nitrogen and oxygen atoms in total. The van der Waals surface area contributed by atoms with Crippen LogP contribution in [0.25, 0.3) is 15.9 Å². The summed E-state index contributed by atoms with van der Waals surface area (Å²) in [4.78, 5) is 35.5. The smallest absolute Gasteiger partial charge is 0.313 e. The molecule has 9 heteroatoms. The van der Waals surface area contributed by atoms with E-state index < -0.39 is 5.97 Å². The lowest BCUT2D eigenvalue weighted by molar-refractivity contribution is -0.133. The number of rotatable bonds is 4. The van der Waals surface area contributed by atoms with Gasteiger partial charge in [-0.2, -0.15) is 0 Å². The van der Waals surface area contributed by atoms with Gasteiger partial charge < -0.3 is 5.11 Å². The monoisotopic (exact) mass is 320 g/mol. The van der Waals surface area contributed by atoms with Crippen LogP contribution in [0, 0.1) is 0 Å². The molecule has 3 heterocycles. The van der Waals surface area contributed by atoms with Crippen LogP contribution in [0.5, 0.6) is 0 Å². The molecular weight excluding hydrogens is 312 g/mol. The molecule has 0 amide bonds. The van der Waals surface area contributed by atoms with Gasteiger partial charge in [0.05, 0.1) is 29.4 Å². The number of fused-ring (bicyclic) bond motifs is 1. The van der Waals surface area contributed by atoms with Crippen LogP contribution in [0.4, 0.5) is 0 Å². The Hall–Kier alpha value is -2.26. The number of carboxylic acid groups (broad SMARTS) is 1. The highest BCUT2D eigenvalue weighted by atomic mass is 32.2. The number of hydrogen-bond donors (Lipinski definition) is 1. The highest BCUT2D eigenvalue weighted by Crippen LogP contribution is 2.22. The molecule has 0 atom stereocenters. The maximum atomic E-state index is 12.6. The van der Waals surface area contributed by atoms with Gasteiger partial charge in [-0.25, -0.2) is 15.0 Å². The Morgan fingerprint density at radius 3 is 2.86 bits per heavy atom. The van der Waals surface area contributed by atoms with Crippen LogP contribution in [-0.2, 0) is 4.79 Å². The van der Waals surface area contributed by atoms with E-state index in [0.717, 1.165) is 11.8 Å². The summed E-state index contributed by atoms with van der Waals surface area (Å²) >= 11 is 2.28. The number of carboxylic acids is 1. The zero-order valence-corrected chi connectivity index (χ0v) is 12.1. The minimum Gasteiger partial charge on any atom is -0.481 e. The second-order valence-corrected chi connectivity index (χ2v) is 5.81. The van der Waals surface area contributed by atoms with Crippen LogP contribution in [0.2, 0.25) is 0 Å². The Morgan fingerprint density at radius 2 is 2.14 bits per heavy atom. The standard InChI is InChI=1S/C12H8N4O3S2/c17-9(18)5-21-12-15-8-1-2-20-10(8)11(19)16(12)7-3-13-6-14-4-7/h1-4,6H,5H2,(H,17,18). The van der Waals surface area contributed by atoms with Crippen LogP contribution in [0.1, 0.15) is 0 Å². The van der Waals surface area contributed by atoms with Crippen molar-refractivity contribution in [2.24, 2.45) is 0 Å². The molecule has 1 N–H and O–H groups in total. The molecule has 0 unspecified atom stereocenters. The van der Waals surface area contributed by atoms with Crippen LogP contribution in [0.15, 0.2) is 40.1 Å². The normalized spacial score (nSPS) is 10.9. The van der Waals surface area contributed by atoms with Gasteiger partial charge in [0.2, 0.25) is 0 Å². The van der Waals surface area contributed by atoms with Gasteiger partial charge in [-0.1, -0.05) is 11.8 Å². The third-order valence-electron chi connectivity index (χ3n) is 2.58. The maximum Gasteiger partial charge on any atom is 0.313 e. The average molecular weight is 320 g/mol. The summed E-state index contributed by atoms with van der Waals surface area (Å²) in [5.41, 5.74) is 0.766. The lowest BCUT2D eigenvalue weighted by Gasteiger charge is -2.10. The van der Waals surface area contributed by atoms with E-state index in [1.54, 1.807) is 11.4 Å².